The third-order valence-electron chi connectivity index (χ3n) is 2.75. The first kappa shape index (κ1) is 14.4. The maximum absolute atomic E-state index is 13.7. The molecule has 20 heavy (non-hydrogen) atoms. The molecular formula is C15H13FO3S. The molecule has 0 unspecified atom stereocenters. The number of benzene rings is 2. The Bertz CT molecular complexity index is 628. The van der Waals surface area contributed by atoms with Crippen molar-refractivity contribution in [3.8, 4) is 5.75 Å². The van der Waals surface area contributed by atoms with Crippen LogP contribution in [0.25, 0.3) is 0 Å². The second kappa shape index (κ2) is 6.43. The maximum atomic E-state index is 13.7. The summed E-state index contributed by atoms with van der Waals surface area (Å²) in [5, 5.41) is 8.78. The number of hydrogen-bond acceptors (Lipinski definition) is 3. The molecule has 0 amide bonds. The number of carboxylic acids is 1. The fourth-order valence-electron chi connectivity index (χ4n) is 1.69. The summed E-state index contributed by atoms with van der Waals surface area (Å²) in [6.07, 6.45) is 1.93. The van der Waals surface area contributed by atoms with Crippen LogP contribution in [0.5, 0.6) is 5.75 Å². The first-order chi connectivity index (χ1) is 9.61. The Labute approximate surface area is 120 Å². The summed E-state index contributed by atoms with van der Waals surface area (Å²) in [5.41, 5.74) is 0.252. The molecule has 0 aliphatic heterocycles. The number of carboxylic acid groups (broad SMARTS) is 1. The van der Waals surface area contributed by atoms with Crippen molar-refractivity contribution in [1.29, 1.82) is 0 Å². The second-order valence-corrected chi connectivity index (χ2v) is 4.90. The molecule has 0 saturated heterocycles. The fraction of sp³-hybridized carbons (Fsp3) is 0.133. The van der Waals surface area contributed by atoms with Crippen molar-refractivity contribution >= 4 is 17.7 Å². The van der Waals surface area contributed by atoms with Crippen LogP contribution in [-0.4, -0.2) is 17.3 Å². The van der Waals surface area contributed by atoms with Gasteiger partial charge in [0.25, 0.3) is 0 Å². The van der Waals surface area contributed by atoms with Gasteiger partial charge in [0.1, 0.15) is 18.2 Å². The van der Waals surface area contributed by atoms with Gasteiger partial charge in [-0.15, -0.1) is 11.8 Å². The van der Waals surface area contributed by atoms with Crippen LogP contribution < -0.4 is 4.74 Å². The molecule has 2 rings (SSSR count). The molecule has 0 spiro atoms. The Balaban J connectivity index is 2.13. The summed E-state index contributed by atoms with van der Waals surface area (Å²) in [5.74, 6) is -1.04. The van der Waals surface area contributed by atoms with Crippen LogP contribution in [0.3, 0.4) is 0 Å². The highest BCUT2D eigenvalue weighted by Crippen LogP contribution is 2.27. The number of aromatic carboxylic acids is 1. The van der Waals surface area contributed by atoms with E-state index in [-0.39, 0.29) is 12.2 Å². The highest BCUT2D eigenvalue weighted by Gasteiger charge is 2.09. The largest absolute Gasteiger partial charge is 0.488 e. The van der Waals surface area contributed by atoms with E-state index in [1.807, 2.05) is 30.5 Å². The number of hydrogen-bond donors (Lipinski definition) is 1. The second-order valence-electron chi connectivity index (χ2n) is 4.05. The van der Waals surface area contributed by atoms with E-state index in [4.69, 9.17) is 9.84 Å². The van der Waals surface area contributed by atoms with Gasteiger partial charge in [-0.05, 0) is 30.5 Å². The van der Waals surface area contributed by atoms with Gasteiger partial charge in [0.15, 0.2) is 0 Å². The van der Waals surface area contributed by atoms with E-state index in [1.54, 1.807) is 11.8 Å². The van der Waals surface area contributed by atoms with Gasteiger partial charge in [-0.2, -0.15) is 0 Å². The molecule has 0 radical (unpaired) electrons. The van der Waals surface area contributed by atoms with Crippen LogP contribution >= 0.6 is 11.8 Å². The Morgan fingerprint density at radius 1 is 1.30 bits per heavy atom. The van der Waals surface area contributed by atoms with Crippen molar-refractivity contribution < 1.29 is 19.0 Å². The summed E-state index contributed by atoms with van der Waals surface area (Å²) in [4.78, 5) is 11.7. The lowest BCUT2D eigenvalue weighted by Gasteiger charge is -2.10. The van der Waals surface area contributed by atoms with Gasteiger partial charge in [-0.1, -0.05) is 18.2 Å². The highest BCUT2D eigenvalue weighted by atomic mass is 32.2. The number of ether oxygens (including phenoxy) is 1. The van der Waals surface area contributed by atoms with Gasteiger partial charge in [0, 0.05) is 10.5 Å². The predicted molar refractivity (Wildman–Crippen MR) is 75.9 cm³/mol. The molecule has 3 nitrogen and oxygen atoms in total. The van der Waals surface area contributed by atoms with E-state index in [1.165, 1.54) is 12.1 Å². The number of halogens is 1. The molecule has 0 aromatic heterocycles. The Morgan fingerprint density at radius 3 is 2.70 bits per heavy atom. The lowest BCUT2D eigenvalue weighted by molar-refractivity contribution is 0.0696. The molecule has 0 aliphatic rings. The SMILES string of the molecule is CSc1ccccc1OCc1ccc(C(=O)O)cc1F. The number of thioether (sulfide) groups is 1. The van der Waals surface area contributed by atoms with Crippen molar-refractivity contribution in [2.75, 3.05) is 6.26 Å². The van der Waals surface area contributed by atoms with Crippen molar-refractivity contribution in [3.05, 3.63) is 59.4 Å². The van der Waals surface area contributed by atoms with Crippen molar-refractivity contribution in [3.63, 3.8) is 0 Å². The normalized spacial score (nSPS) is 10.3. The molecule has 104 valence electrons. The molecule has 0 saturated carbocycles. The smallest absolute Gasteiger partial charge is 0.335 e. The molecule has 0 atom stereocenters. The first-order valence-electron chi connectivity index (χ1n) is 5.89. The maximum Gasteiger partial charge on any atom is 0.335 e. The first-order valence-corrected chi connectivity index (χ1v) is 7.12. The average molecular weight is 292 g/mol. The van der Waals surface area contributed by atoms with Gasteiger partial charge < -0.3 is 9.84 Å². The van der Waals surface area contributed by atoms with Crippen LogP contribution in [0.1, 0.15) is 15.9 Å². The van der Waals surface area contributed by atoms with E-state index in [9.17, 15) is 9.18 Å². The Kier molecular flexibility index (Phi) is 4.63. The average Bonchev–Trinajstić information content (AvgIpc) is 2.46. The molecule has 2 aromatic rings. The summed E-state index contributed by atoms with van der Waals surface area (Å²) in [6, 6.07) is 11.3. The number of carbonyl (C=O) groups is 1. The van der Waals surface area contributed by atoms with Crippen molar-refractivity contribution in [1.82, 2.24) is 0 Å². The van der Waals surface area contributed by atoms with Gasteiger partial charge in [-0.25, -0.2) is 9.18 Å². The summed E-state index contributed by atoms with van der Waals surface area (Å²) in [6.45, 7) is 0.0588. The molecule has 0 heterocycles. The molecule has 0 bridgehead atoms. The van der Waals surface area contributed by atoms with Crippen LogP contribution in [0.4, 0.5) is 4.39 Å². The van der Waals surface area contributed by atoms with E-state index < -0.39 is 11.8 Å². The molecule has 0 fully saturated rings. The minimum atomic E-state index is -1.15. The fourth-order valence-corrected chi connectivity index (χ4v) is 2.23. The zero-order valence-electron chi connectivity index (χ0n) is 10.8. The van der Waals surface area contributed by atoms with Crippen molar-refractivity contribution in [2.24, 2.45) is 0 Å². The topological polar surface area (TPSA) is 46.5 Å². The van der Waals surface area contributed by atoms with E-state index in [0.29, 0.717) is 11.3 Å². The van der Waals surface area contributed by atoms with E-state index >= 15 is 0 Å². The molecule has 5 heteroatoms. The molecule has 0 aliphatic carbocycles. The molecule has 2 aromatic carbocycles. The zero-order chi connectivity index (χ0) is 14.5. The van der Waals surface area contributed by atoms with Crippen LogP contribution in [-0.2, 0) is 6.61 Å². The quantitative estimate of drug-likeness (QED) is 0.851. The highest BCUT2D eigenvalue weighted by molar-refractivity contribution is 7.98. The van der Waals surface area contributed by atoms with E-state index in [2.05, 4.69) is 0 Å². The monoisotopic (exact) mass is 292 g/mol. The Hall–Kier alpha value is -2.01. The van der Waals surface area contributed by atoms with Crippen LogP contribution in [0.15, 0.2) is 47.4 Å². The lowest BCUT2D eigenvalue weighted by atomic mass is 10.1. The minimum Gasteiger partial charge on any atom is -0.488 e. The van der Waals surface area contributed by atoms with Gasteiger partial charge in [-0.3, -0.25) is 0 Å². The summed E-state index contributed by atoms with van der Waals surface area (Å²) >= 11 is 1.54. The standard InChI is InChI=1S/C15H13FO3S/c1-20-14-5-3-2-4-13(14)19-9-11-7-6-10(15(17)18)8-12(11)16/h2-8H,9H2,1H3,(H,17,18). The number of rotatable bonds is 5. The summed E-state index contributed by atoms with van der Waals surface area (Å²) < 4.78 is 19.3. The number of para-hydroxylation sites is 1. The zero-order valence-corrected chi connectivity index (χ0v) is 11.6. The predicted octanol–water partition coefficient (Wildman–Crippen LogP) is 3.82. The van der Waals surface area contributed by atoms with Gasteiger partial charge in [0.05, 0.1) is 5.56 Å². The van der Waals surface area contributed by atoms with Gasteiger partial charge >= 0.3 is 5.97 Å². The van der Waals surface area contributed by atoms with Crippen LogP contribution in [0.2, 0.25) is 0 Å². The lowest BCUT2D eigenvalue weighted by Crippen LogP contribution is -2.02. The Morgan fingerprint density at radius 2 is 2.05 bits per heavy atom. The third-order valence-corrected chi connectivity index (χ3v) is 3.53. The van der Waals surface area contributed by atoms with Gasteiger partial charge in [0.2, 0.25) is 0 Å². The van der Waals surface area contributed by atoms with E-state index in [0.717, 1.165) is 11.0 Å². The molecule has 1 N–H and O–H groups in total. The third kappa shape index (κ3) is 3.30. The minimum absolute atomic E-state index is 0.0588. The van der Waals surface area contributed by atoms with Crippen molar-refractivity contribution in [2.45, 2.75) is 11.5 Å². The summed E-state index contributed by atoms with van der Waals surface area (Å²) in [7, 11) is 0. The molecular weight excluding hydrogens is 279 g/mol. The van der Waals surface area contributed by atoms with Crippen LogP contribution in [0, 0.1) is 5.82 Å².